The molecule has 120 valence electrons. The van der Waals surface area contributed by atoms with Crippen LogP contribution in [0.15, 0.2) is 24.3 Å². The Balaban J connectivity index is 1.47. The lowest BCUT2D eigenvalue weighted by Crippen LogP contribution is -2.53. The number of carbonyl (C=O) groups excluding carboxylic acids is 1. The summed E-state index contributed by atoms with van der Waals surface area (Å²) < 4.78 is 0. The van der Waals surface area contributed by atoms with Gasteiger partial charge in [0.15, 0.2) is 0 Å². The molecule has 4 heteroatoms. The first-order chi connectivity index (χ1) is 10.6. The fraction of sp³-hybridized carbons (Fsp3) is 0.611. The Morgan fingerprint density at radius 1 is 1.23 bits per heavy atom. The Labute approximate surface area is 133 Å². The topological polar surface area (TPSA) is 35.6 Å². The predicted octanol–water partition coefficient (Wildman–Crippen LogP) is 1.78. The van der Waals surface area contributed by atoms with Gasteiger partial charge in [-0.25, -0.2) is 0 Å². The molecular formula is C18H27N3O. The van der Waals surface area contributed by atoms with Gasteiger partial charge in [0.2, 0.25) is 5.91 Å². The molecule has 2 aliphatic rings. The van der Waals surface area contributed by atoms with Crippen LogP contribution < -0.4 is 5.32 Å². The van der Waals surface area contributed by atoms with Gasteiger partial charge in [-0.15, -0.1) is 0 Å². The summed E-state index contributed by atoms with van der Waals surface area (Å²) in [6.07, 6.45) is 2.31. The van der Waals surface area contributed by atoms with Gasteiger partial charge in [-0.2, -0.15) is 0 Å². The average molecular weight is 301 g/mol. The number of carbonyl (C=O) groups is 1. The second kappa shape index (κ2) is 6.80. The molecular weight excluding hydrogens is 274 g/mol. The molecule has 1 atom stereocenters. The van der Waals surface area contributed by atoms with Gasteiger partial charge in [0, 0.05) is 38.8 Å². The molecule has 1 N–H and O–H groups in total. The van der Waals surface area contributed by atoms with E-state index in [2.05, 4.69) is 46.3 Å². The number of aryl methyl sites for hydroxylation is 1. The average Bonchev–Trinajstić information content (AvgIpc) is 3.33. The number of hydrogen-bond acceptors (Lipinski definition) is 3. The van der Waals surface area contributed by atoms with Crippen molar-refractivity contribution in [3.63, 3.8) is 0 Å². The summed E-state index contributed by atoms with van der Waals surface area (Å²) in [6.45, 7) is 9.26. The minimum absolute atomic E-state index is 0.00112. The monoisotopic (exact) mass is 301 g/mol. The largest absolute Gasteiger partial charge is 0.352 e. The smallest absolute Gasteiger partial charge is 0.237 e. The third kappa shape index (κ3) is 3.87. The maximum atomic E-state index is 12.1. The van der Waals surface area contributed by atoms with E-state index < -0.39 is 0 Å². The van der Waals surface area contributed by atoms with Crippen molar-refractivity contribution >= 4 is 5.91 Å². The molecule has 3 rings (SSSR count). The molecule has 0 bridgehead atoms. The Hall–Kier alpha value is -1.39. The summed E-state index contributed by atoms with van der Waals surface area (Å²) in [5.41, 5.74) is 2.78. The highest BCUT2D eigenvalue weighted by atomic mass is 16.2. The molecule has 22 heavy (non-hydrogen) atoms. The first-order valence-corrected chi connectivity index (χ1v) is 8.45. The third-order valence-electron chi connectivity index (χ3n) is 4.91. The maximum absolute atomic E-state index is 12.1. The van der Waals surface area contributed by atoms with Gasteiger partial charge in [0.05, 0.1) is 6.04 Å². The van der Waals surface area contributed by atoms with Crippen molar-refractivity contribution in [1.82, 2.24) is 15.1 Å². The van der Waals surface area contributed by atoms with Crippen LogP contribution >= 0.6 is 0 Å². The number of hydrogen-bond donors (Lipinski definition) is 1. The van der Waals surface area contributed by atoms with Crippen molar-refractivity contribution in [2.75, 3.05) is 26.2 Å². The number of nitrogens with zero attached hydrogens (tertiary/aromatic N) is 2. The molecule has 4 nitrogen and oxygen atoms in total. The molecule has 1 unspecified atom stereocenters. The van der Waals surface area contributed by atoms with Gasteiger partial charge in [-0.05, 0) is 37.8 Å². The standard InChI is InChI=1S/C18H27N3O/c1-14-5-3-4-6-16(14)13-20-9-11-21(12-10-20)15(2)18(22)19-17-7-8-17/h3-6,15,17H,7-13H2,1-2H3,(H,19,22). The first-order valence-electron chi connectivity index (χ1n) is 8.45. The lowest BCUT2D eigenvalue weighted by Gasteiger charge is -2.37. The zero-order valence-corrected chi connectivity index (χ0v) is 13.7. The van der Waals surface area contributed by atoms with Crippen molar-refractivity contribution in [3.8, 4) is 0 Å². The van der Waals surface area contributed by atoms with Crippen LogP contribution in [0.1, 0.15) is 30.9 Å². The van der Waals surface area contributed by atoms with E-state index in [-0.39, 0.29) is 11.9 Å². The summed E-state index contributed by atoms with van der Waals surface area (Å²) in [6, 6.07) is 9.06. The van der Waals surface area contributed by atoms with Crippen molar-refractivity contribution in [3.05, 3.63) is 35.4 Å². The predicted molar refractivity (Wildman–Crippen MR) is 88.7 cm³/mol. The number of benzene rings is 1. The Morgan fingerprint density at radius 2 is 1.91 bits per heavy atom. The van der Waals surface area contributed by atoms with E-state index in [4.69, 9.17) is 0 Å². The van der Waals surface area contributed by atoms with Gasteiger partial charge in [-0.1, -0.05) is 24.3 Å². The van der Waals surface area contributed by atoms with Crippen LogP contribution in [0.25, 0.3) is 0 Å². The zero-order chi connectivity index (χ0) is 15.5. The minimum atomic E-state index is 0.00112. The Bertz CT molecular complexity index is 519. The van der Waals surface area contributed by atoms with Gasteiger partial charge < -0.3 is 5.32 Å². The fourth-order valence-corrected chi connectivity index (χ4v) is 3.05. The van der Waals surface area contributed by atoms with E-state index in [9.17, 15) is 4.79 Å². The molecule has 1 aromatic rings. The second-order valence-electron chi connectivity index (χ2n) is 6.70. The lowest BCUT2D eigenvalue weighted by molar-refractivity contribution is -0.126. The molecule has 0 spiro atoms. The van der Waals surface area contributed by atoms with Crippen molar-refractivity contribution in [2.24, 2.45) is 0 Å². The Morgan fingerprint density at radius 3 is 2.55 bits per heavy atom. The molecule has 2 fully saturated rings. The number of nitrogens with one attached hydrogen (secondary N) is 1. The van der Waals surface area contributed by atoms with Crippen LogP contribution in [-0.2, 0) is 11.3 Å². The Kier molecular flexibility index (Phi) is 4.79. The van der Waals surface area contributed by atoms with Crippen LogP contribution in [0.2, 0.25) is 0 Å². The highest BCUT2D eigenvalue weighted by molar-refractivity contribution is 5.81. The number of rotatable bonds is 5. The molecule has 1 saturated carbocycles. The summed E-state index contributed by atoms with van der Waals surface area (Å²) >= 11 is 0. The van der Waals surface area contributed by atoms with Crippen LogP contribution in [0.3, 0.4) is 0 Å². The molecule has 1 aliphatic carbocycles. The summed E-state index contributed by atoms with van der Waals surface area (Å²) in [5.74, 6) is 0.204. The van der Waals surface area contributed by atoms with Crippen LogP contribution in [-0.4, -0.2) is 54.0 Å². The van der Waals surface area contributed by atoms with Gasteiger partial charge >= 0.3 is 0 Å². The van der Waals surface area contributed by atoms with Crippen LogP contribution in [0, 0.1) is 6.92 Å². The normalized spacial score (nSPS) is 21.5. The minimum Gasteiger partial charge on any atom is -0.352 e. The number of amides is 1. The van der Waals surface area contributed by atoms with E-state index in [1.54, 1.807) is 0 Å². The molecule has 1 aliphatic heterocycles. The van der Waals surface area contributed by atoms with Gasteiger partial charge in [0.1, 0.15) is 0 Å². The van der Waals surface area contributed by atoms with Crippen LogP contribution in [0.4, 0.5) is 0 Å². The summed E-state index contributed by atoms with van der Waals surface area (Å²) in [7, 11) is 0. The third-order valence-corrected chi connectivity index (χ3v) is 4.91. The SMILES string of the molecule is Cc1ccccc1CN1CCN(C(C)C(=O)NC2CC2)CC1. The zero-order valence-electron chi connectivity index (χ0n) is 13.7. The van der Waals surface area contributed by atoms with Gasteiger partial charge in [0.25, 0.3) is 0 Å². The molecule has 0 radical (unpaired) electrons. The van der Waals surface area contributed by atoms with Gasteiger partial charge in [-0.3, -0.25) is 14.6 Å². The molecule has 0 aromatic heterocycles. The van der Waals surface area contributed by atoms with E-state index in [0.29, 0.717) is 6.04 Å². The highest BCUT2D eigenvalue weighted by Gasteiger charge is 2.29. The lowest BCUT2D eigenvalue weighted by atomic mass is 10.1. The second-order valence-corrected chi connectivity index (χ2v) is 6.70. The number of piperazine rings is 1. The highest BCUT2D eigenvalue weighted by Crippen LogP contribution is 2.19. The quantitative estimate of drug-likeness (QED) is 0.900. The van der Waals surface area contributed by atoms with Crippen molar-refractivity contribution in [1.29, 1.82) is 0 Å². The van der Waals surface area contributed by atoms with Crippen molar-refractivity contribution in [2.45, 2.75) is 45.3 Å². The van der Waals surface area contributed by atoms with E-state index in [1.807, 2.05) is 6.92 Å². The van der Waals surface area contributed by atoms with E-state index in [0.717, 1.165) is 45.6 Å². The van der Waals surface area contributed by atoms with E-state index in [1.165, 1.54) is 11.1 Å². The molecule has 1 aromatic carbocycles. The molecule has 1 amide bonds. The first kappa shape index (κ1) is 15.5. The van der Waals surface area contributed by atoms with Crippen molar-refractivity contribution < 1.29 is 4.79 Å². The summed E-state index contributed by atoms with van der Waals surface area (Å²) in [5, 5.41) is 3.12. The van der Waals surface area contributed by atoms with Crippen LogP contribution in [0.5, 0.6) is 0 Å². The molecule has 1 saturated heterocycles. The fourth-order valence-electron chi connectivity index (χ4n) is 3.05. The van der Waals surface area contributed by atoms with E-state index >= 15 is 0 Å². The maximum Gasteiger partial charge on any atom is 0.237 e. The molecule has 1 heterocycles. The summed E-state index contributed by atoms with van der Waals surface area (Å²) in [4.78, 5) is 16.9.